The standard InChI is InChI=1S/C13H15N3O3S/c1-9-12(15-13(20-9)14-6-7-19-2)10-4-3-5-11(8-10)16(17)18/h3-5,8H,6-7H2,1-2H3,(H,14,15). The van der Waals surface area contributed by atoms with E-state index in [2.05, 4.69) is 10.3 Å². The highest BCUT2D eigenvalue weighted by Crippen LogP contribution is 2.31. The van der Waals surface area contributed by atoms with Crippen LogP contribution in [0.2, 0.25) is 0 Å². The summed E-state index contributed by atoms with van der Waals surface area (Å²) in [6.45, 7) is 3.23. The molecular formula is C13H15N3O3S. The Kier molecular flexibility index (Phi) is 4.65. The van der Waals surface area contributed by atoms with Gasteiger partial charge in [-0.3, -0.25) is 10.1 Å². The van der Waals surface area contributed by atoms with Crippen LogP contribution in [-0.4, -0.2) is 30.2 Å². The third kappa shape index (κ3) is 3.31. The molecule has 7 heteroatoms. The van der Waals surface area contributed by atoms with Crippen LogP contribution in [0.15, 0.2) is 24.3 Å². The van der Waals surface area contributed by atoms with Crippen LogP contribution >= 0.6 is 11.3 Å². The zero-order chi connectivity index (χ0) is 14.5. The van der Waals surface area contributed by atoms with Crippen molar-refractivity contribution in [2.45, 2.75) is 6.92 Å². The number of nitro benzene ring substituents is 1. The second-order valence-electron chi connectivity index (χ2n) is 4.15. The second kappa shape index (κ2) is 6.44. The molecule has 0 aliphatic rings. The predicted molar refractivity (Wildman–Crippen MR) is 79.3 cm³/mol. The summed E-state index contributed by atoms with van der Waals surface area (Å²) in [5.74, 6) is 0. The number of ether oxygens (including phenoxy) is 1. The number of nitrogens with zero attached hydrogens (tertiary/aromatic N) is 2. The number of aromatic nitrogens is 1. The maximum absolute atomic E-state index is 10.8. The molecule has 106 valence electrons. The molecule has 0 aliphatic heterocycles. The first-order valence-corrected chi connectivity index (χ1v) is 6.88. The molecule has 20 heavy (non-hydrogen) atoms. The van der Waals surface area contributed by atoms with Crippen molar-refractivity contribution in [1.82, 2.24) is 4.98 Å². The zero-order valence-corrected chi connectivity index (χ0v) is 12.1. The normalized spacial score (nSPS) is 10.5. The Morgan fingerprint density at radius 2 is 2.30 bits per heavy atom. The minimum atomic E-state index is -0.400. The highest BCUT2D eigenvalue weighted by Gasteiger charge is 2.13. The SMILES string of the molecule is COCCNc1nc(-c2cccc([N+](=O)[O-])c2)c(C)s1. The highest BCUT2D eigenvalue weighted by atomic mass is 32.1. The van der Waals surface area contributed by atoms with Gasteiger partial charge in [0.25, 0.3) is 5.69 Å². The fraction of sp³-hybridized carbons (Fsp3) is 0.308. The van der Waals surface area contributed by atoms with Gasteiger partial charge >= 0.3 is 0 Å². The molecule has 1 heterocycles. The summed E-state index contributed by atoms with van der Waals surface area (Å²) in [6.07, 6.45) is 0. The van der Waals surface area contributed by atoms with E-state index in [0.717, 1.165) is 21.3 Å². The maximum atomic E-state index is 10.8. The van der Waals surface area contributed by atoms with Gasteiger partial charge in [0.15, 0.2) is 5.13 Å². The fourth-order valence-electron chi connectivity index (χ4n) is 1.77. The van der Waals surface area contributed by atoms with Gasteiger partial charge in [-0.15, -0.1) is 11.3 Å². The van der Waals surface area contributed by atoms with Crippen LogP contribution in [0.5, 0.6) is 0 Å². The number of anilines is 1. The summed E-state index contributed by atoms with van der Waals surface area (Å²) in [7, 11) is 1.64. The number of non-ortho nitro benzene ring substituents is 1. The van der Waals surface area contributed by atoms with Gasteiger partial charge in [-0.25, -0.2) is 4.98 Å². The largest absolute Gasteiger partial charge is 0.383 e. The van der Waals surface area contributed by atoms with Crippen LogP contribution in [0.25, 0.3) is 11.3 Å². The molecule has 1 aromatic heterocycles. The van der Waals surface area contributed by atoms with Gasteiger partial charge in [-0.2, -0.15) is 0 Å². The summed E-state index contributed by atoms with van der Waals surface area (Å²) in [6, 6.07) is 6.52. The lowest BCUT2D eigenvalue weighted by atomic mass is 10.1. The minimum absolute atomic E-state index is 0.0730. The molecule has 1 aromatic carbocycles. The molecule has 1 N–H and O–H groups in total. The molecule has 0 amide bonds. The third-order valence-corrected chi connectivity index (χ3v) is 3.64. The van der Waals surface area contributed by atoms with Gasteiger partial charge in [-0.1, -0.05) is 12.1 Å². The highest BCUT2D eigenvalue weighted by molar-refractivity contribution is 7.16. The van der Waals surface area contributed by atoms with Crippen molar-refractivity contribution in [3.63, 3.8) is 0 Å². The van der Waals surface area contributed by atoms with Crippen molar-refractivity contribution in [2.75, 3.05) is 25.6 Å². The van der Waals surface area contributed by atoms with Gasteiger partial charge < -0.3 is 10.1 Å². The molecule has 0 spiro atoms. The van der Waals surface area contributed by atoms with Crippen LogP contribution in [0.4, 0.5) is 10.8 Å². The summed E-state index contributed by atoms with van der Waals surface area (Å²) in [5, 5.41) is 14.8. The molecule has 0 atom stereocenters. The van der Waals surface area contributed by atoms with E-state index in [-0.39, 0.29) is 5.69 Å². The molecule has 6 nitrogen and oxygen atoms in total. The lowest BCUT2D eigenvalue weighted by molar-refractivity contribution is -0.384. The van der Waals surface area contributed by atoms with Crippen molar-refractivity contribution < 1.29 is 9.66 Å². The summed E-state index contributed by atoms with van der Waals surface area (Å²) >= 11 is 1.53. The molecular weight excluding hydrogens is 278 g/mol. The van der Waals surface area contributed by atoms with Gasteiger partial charge in [0.2, 0.25) is 0 Å². The Balaban J connectivity index is 2.24. The summed E-state index contributed by atoms with van der Waals surface area (Å²) in [4.78, 5) is 15.9. The Morgan fingerprint density at radius 1 is 1.50 bits per heavy atom. The molecule has 0 bridgehead atoms. The van der Waals surface area contributed by atoms with Crippen molar-refractivity contribution in [3.8, 4) is 11.3 Å². The van der Waals surface area contributed by atoms with Gasteiger partial charge in [0, 0.05) is 36.2 Å². The lowest BCUT2D eigenvalue weighted by Crippen LogP contribution is -2.06. The van der Waals surface area contributed by atoms with E-state index in [1.807, 2.05) is 13.0 Å². The summed E-state index contributed by atoms with van der Waals surface area (Å²) in [5.41, 5.74) is 1.61. The molecule has 0 saturated heterocycles. The van der Waals surface area contributed by atoms with E-state index in [1.165, 1.54) is 17.4 Å². The van der Waals surface area contributed by atoms with Gasteiger partial charge in [0.05, 0.1) is 17.2 Å². The monoisotopic (exact) mass is 293 g/mol. The van der Waals surface area contributed by atoms with Crippen LogP contribution < -0.4 is 5.32 Å². The van der Waals surface area contributed by atoms with Crippen molar-refractivity contribution >= 4 is 22.2 Å². The number of nitro groups is 1. The third-order valence-electron chi connectivity index (χ3n) is 2.71. The summed E-state index contributed by atoms with van der Waals surface area (Å²) < 4.78 is 4.97. The minimum Gasteiger partial charge on any atom is -0.383 e. The van der Waals surface area contributed by atoms with E-state index in [9.17, 15) is 10.1 Å². The van der Waals surface area contributed by atoms with Crippen LogP contribution in [0.1, 0.15) is 4.88 Å². The zero-order valence-electron chi connectivity index (χ0n) is 11.3. The number of hydrogen-bond acceptors (Lipinski definition) is 6. The van der Waals surface area contributed by atoms with Gasteiger partial charge in [0.1, 0.15) is 0 Å². The smallest absolute Gasteiger partial charge is 0.270 e. The van der Waals surface area contributed by atoms with Crippen molar-refractivity contribution in [3.05, 3.63) is 39.3 Å². The number of rotatable bonds is 6. The predicted octanol–water partition coefficient (Wildman–Crippen LogP) is 3.09. The average Bonchev–Trinajstić information content (AvgIpc) is 2.80. The topological polar surface area (TPSA) is 77.3 Å². The van der Waals surface area contributed by atoms with Crippen molar-refractivity contribution in [1.29, 1.82) is 0 Å². The molecule has 0 unspecified atom stereocenters. The fourth-order valence-corrected chi connectivity index (χ4v) is 2.63. The molecule has 0 fully saturated rings. The Bertz CT molecular complexity index is 613. The maximum Gasteiger partial charge on any atom is 0.270 e. The number of benzene rings is 1. The number of aryl methyl sites for hydroxylation is 1. The Morgan fingerprint density at radius 3 is 3.00 bits per heavy atom. The van der Waals surface area contributed by atoms with E-state index < -0.39 is 4.92 Å². The van der Waals surface area contributed by atoms with E-state index in [0.29, 0.717) is 13.2 Å². The van der Waals surface area contributed by atoms with Gasteiger partial charge in [-0.05, 0) is 6.92 Å². The number of thiazole rings is 1. The van der Waals surface area contributed by atoms with Crippen LogP contribution in [0.3, 0.4) is 0 Å². The average molecular weight is 293 g/mol. The van der Waals surface area contributed by atoms with Crippen molar-refractivity contribution in [2.24, 2.45) is 0 Å². The molecule has 0 aliphatic carbocycles. The molecule has 2 aromatic rings. The molecule has 0 radical (unpaired) electrons. The quantitative estimate of drug-likeness (QED) is 0.503. The van der Waals surface area contributed by atoms with E-state index >= 15 is 0 Å². The number of methoxy groups -OCH3 is 1. The number of hydrogen-bond donors (Lipinski definition) is 1. The second-order valence-corrected chi connectivity index (χ2v) is 5.35. The van der Waals surface area contributed by atoms with Crippen LogP contribution in [-0.2, 0) is 4.74 Å². The number of nitrogens with one attached hydrogen (secondary N) is 1. The first-order chi connectivity index (χ1) is 9.61. The lowest BCUT2D eigenvalue weighted by Gasteiger charge is -2.00. The van der Waals surface area contributed by atoms with E-state index in [1.54, 1.807) is 19.2 Å². The van der Waals surface area contributed by atoms with Crippen LogP contribution in [0, 0.1) is 17.0 Å². The molecule has 2 rings (SSSR count). The Hall–Kier alpha value is -1.99. The first kappa shape index (κ1) is 14.4. The molecule has 0 saturated carbocycles. The van der Waals surface area contributed by atoms with E-state index in [4.69, 9.17) is 4.74 Å². The Labute approximate surface area is 120 Å². The first-order valence-electron chi connectivity index (χ1n) is 6.07.